The van der Waals surface area contributed by atoms with E-state index < -0.39 is 0 Å². The first-order valence-electron chi connectivity index (χ1n) is 9.95. The number of piperidine rings is 1. The van der Waals surface area contributed by atoms with E-state index in [1.807, 2.05) is 31.3 Å². The minimum Gasteiger partial charge on any atom is -0.507 e. The highest BCUT2D eigenvalue weighted by molar-refractivity contribution is 5.85. The Morgan fingerprint density at radius 2 is 1.93 bits per heavy atom. The van der Waals surface area contributed by atoms with Crippen LogP contribution in [0.3, 0.4) is 0 Å². The summed E-state index contributed by atoms with van der Waals surface area (Å²) in [5.41, 5.74) is 10.1. The van der Waals surface area contributed by atoms with Gasteiger partial charge in [0.2, 0.25) is 0 Å². The summed E-state index contributed by atoms with van der Waals surface area (Å²) in [6.07, 6.45) is 4.88. The molecule has 0 amide bonds. The number of hydrogen-bond donors (Lipinski definition) is 2. The number of aromatic hydroxyl groups is 1. The Kier molecular flexibility index (Phi) is 8.73. The Balaban J connectivity index is 0.00000150. The summed E-state index contributed by atoms with van der Waals surface area (Å²) in [5.74, 6) is 0.930. The normalized spacial score (nSPS) is 22.3. The van der Waals surface area contributed by atoms with E-state index >= 15 is 0 Å². The van der Waals surface area contributed by atoms with Gasteiger partial charge in [0.1, 0.15) is 5.75 Å². The second-order valence-corrected chi connectivity index (χ2v) is 7.84. The zero-order chi connectivity index (χ0) is 18.8. The monoisotopic (exact) mass is 439 g/mol. The molecule has 5 nitrogen and oxygen atoms in total. The van der Waals surface area contributed by atoms with Gasteiger partial charge in [0.05, 0.1) is 17.9 Å². The molecular formula is C22H31Cl2N3O2. The fraction of sp³-hybridized carbons (Fsp3) is 0.500. The maximum Gasteiger partial charge on any atom is 0.122 e. The molecule has 0 bridgehead atoms. The first-order chi connectivity index (χ1) is 13.2. The van der Waals surface area contributed by atoms with Crippen LogP contribution in [0.5, 0.6) is 5.75 Å². The number of pyridine rings is 1. The van der Waals surface area contributed by atoms with Gasteiger partial charge in [-0.05, 0) is 62.0 Å². The summed E-state index contributed by atoms with van der Waals surface area (Å²) in [7, 11) is 0. The van der Waals surface area contributed by atoms with Crippen molar-refractivity contribution in [3.63, 3.8) is 0 Å². The van der Waals surface area contributed by atoms with Crippen LogP contribution in [0.4, 0.5) is 0 Å². The van der Waals surface area contributed by atoms with Crippen molar-refractivity contribution in [3.05, 3.63) is 58.9 Å². The Labute approximate surface area is 185 Å². The summed E-state index contributed by atoms with van der Waals surface area (Å²) >= 11 is 0. The molecule has 0 radical (unpaired) electrons. The first-order valence-corrected chi connectivity index (χ1v) is 9.95. The molecule has 3 heterocycles. The number of ether oxygens (including phenoxy) is 1. The van der Waals surface area contributed by atoms with Crippen molar-refractivity contribution in [2.75, 3.05) is 19.6 Å². The largest absolute Gasteiger partial charge is 0.507 e. The number of fused-ring (bicyclic) bond motifs is 1. The smallest absolute Gasteiger partial charge is 0.122 e. The van der Waals surface area contributed by atoms with Gasteiger partial charge in [-0.1, -0.05) is 18.2 Å². The zero-order valence-corrected chi connectivity index (χ0v) is 18.4. The molecule has 7 heteroatoms. The molecule has 160 valence electrons. The topological polar surface area (TPSA) is 71.6 Å². The third kappa shape index (κ3) is 5.22. The lowest BCUT2D eigenvalue weighted by Gasteiger charge is -2.40. The van der Waals surface area contributed by atoms with E-state index in [4.69, 9.17) is 10.5 Å². The highest BCUT2D eigenvalue weighted by atomic mass is 35.5. The number of likely N-dealkylation sites (tertiary alicyclic amines) is 1. The van der Waals surface area contributed by atoms with Crippen molar-refractivity contribution in [2.45, 2.75) is 44.9 Å². The number of aryl methyl sites for hydroxylation is 1. The molecule has 0 spiro atoms. The number of aromatic nitrogens is 1. The minimum absolute atomic E-state index is 0. The SMILES string of the molecule is Cc1ccc2c(c1O)C[C@@H](C1CCN(Cc3ccccn3)CC1)O[C@H]2CN.Cl.Cl. The lowest BCUT2D eigenvalue weighted by atomic mass is 9.83. The van der Waals surface area contributed by atoms with Gasteiger partial charge in [0, 0.05) is 31.3 Å². The van der Waals surface area contributed by atoms with Crippen LogP contribution in [-0.4, -0.2) is 40.7 Å². The average Bonchev–Trinajstić information content (AvgIpc) is 2.71. The lowest BCUT2D eigenvalue weighted by molar-refractivity contribution is -0.0651. The molecule has 0 saturated carbocycles. The van der Waals surface area contributed by atoms with Crippen LogP contribution >= 0.6 is 24.8 Å². The standard InChI is InChI=1S/C22H29N3O2.2ClH/c1-15-5-6-18-19(22(15)26)12-20(27-21(18)13-23)16-7-10-25(11-8-16)14-17-4-2-3-9-24-17;;/h2-6,9,16,20-21,26H,7-8,10-14,23H2,1H3;2*1H/t20-,21-;;/m0../s1. The van der Waals surface area contributed by atoms with Gasteiger partial charge in [0.25, 0.3) is 0 Å². The molecular weight excluding hydrogens is 409 g/mol. The summed E-state index contributed by atoms with van der Waals surface area (Å²) in [6.45, 7) is 5.42. The van der Waals surface area contributed by atoms with Gasteiger partial charge in [-0.2, -0.15) is 0 Å². The minimum atomic E-state index is -0.114. The Hall–Kier alpha value is -1.37. The molecule has 0 unspecified atom stereocenters. The van der Waals surface area contributed by atoms with Gasteiger partial charge in [-0.25, -0.2) is 0 Å². The number of phenolic OH excluding ortho intramolecular Hbond substituents is 1. The van der Waals surface area contributed by atoms with Gasteiger partial charge >= 0.3 is 0 Å². The molecule has 2 aliphatic heterocycles. The van der Waals surface area contributed by atoms with Gasteiger partial charge < -0.3 is 15.6 Å². The Bertz CT molecular complexity index is 783. The molecule has 2 aliphatic rings. The van der Waals surface area contributed by atoms with Gasteiger partial charge in [0.15, 0.2) is 0 Å². The van der Waals surface area contributed by atoms with E-state index in [1.165, 1.54) is 0 Å². The quantitative estimate of drug-likeness (QED) is 0.757. The lowest BCUT2D eigenvalue weighted by Crippen LogP contribution is -2.42. The highest BCUT2D eigenvalue weighted by Gasteiger charge is 2.35. The van der Waals surface area contributed by atoms with Crippen LogP contribution in [0, 0.1) is 12.8 Å². The van der Waals surface area contributed by atoms with Gasteiger partial charge in [-0.15, -0.1) is 24.8 Å². The zero-order valence-electron chi connectivity index (χ0n) is 16.8. The summed E-state index contributed by atoms with van der Waals surface area (Å²) in [6, 6.07) is 10.1. The molecule has 2 atom stereocenters. The van der Waals surface area contributed by atoms with Crippen molar-refractivity contribution >= 4 is 24.8 Å². The van der Waals surface area contributed by atoms with Crippen molar-refractivity contribution in [3.8, 4) is 5.75 Å². The van der Waals surface area contributed by atoms with E-state index in [9.17, 15) is 5.11 Å². The maximum atomic E-state index is 10.6. The highest BCUT2D eigenvalue weighted by Crippen LogP contribution is 2.40. The molecule has 29 heavy (non-hydrogen) atoms. The third-order valence-corrected chi connectivity index (χ3v) is 6.10. The first kappa shape index (κ1) is 23.9. The van der Waals surface area contributed by atoms with Crippen LogP contribution in [0.2, 0.25) is 0 Å². The van der Waals surface area contributed by atoms with Crippen LogP contribution in [-0.2, 0) is 17.7 Å². The molecule has 3 N–H and O–H groups in total. The summed E-state index contributed by atoms with van der Waals surface area (Å²) < 4.78 is 6.38. The number of nitrogens with two attached hydrogens (primary N) is 1. The van der Waals surface area contributed by atoms with Crippen LogP contribution in [0.25, 0.3) is 0 Å². The van der Waals surface area contributed by atoms with E-state index in [0.717, 1.165) is 61.3 Å². The Morgan fingerprint density at radius 3 is 2.59 bits per heavy atom. The number of phenols is 1. The van der Waals surface area contributed by atoms with Crippen molar-refractivity contribution in [2.24, 2.45) is 11.7 Å². The van der Waals surface area contributed by atoms with Crippen molar-refractivity contribution in [1.29, 1.82) is 0 Å². The number of halogens is 2. The molecule has 1 aromatic heterocycles. The molecule has 0 aliphatic carbocycles. The van der Waals surface area contributed by atoms with E-state index in [2.05, 4.69) is 22.0 Å². The fourth-order valence-electron chi connectivity index (χ4n) is 4.48. The van der Waals surface area contributed by atoms with Crippen molar-refractivity contribution < 1.29 is 9.84 Å². The molecule has 1 aromatic carbocycles. The fourth-order valence-corrected chi connectivity index (χ4v) is 4.48. The molecule has 1 saturated heterocycles. The predicted molar refractivity (Wildman–Crippen MR) is 120 cm³/mol. The van der Waals surface area contributed by atoms with Crippen LogP contribution in [0.1, 0.15) is 41.3 Å². The summed E-state index contributed by atoms with van der Waals surface area (Å²) in [4.78, 5) is 6.91. The predicted octanol–water partition coefficient (Wildman–Crippen LogP) is 3.79. The number of rotatable bonds is 4. The number of benzene rings is 1. The van der Waals surface area contributed by atoms with E-state index in [1.54, 1.807) is 0 Å². The number of hydrogen-bond acceptors (Lipinski definition) is 5. The molecule has 4 rings (SSSR count). The van der Waals surface area contributed by atoms with Crippen LogP contribution < -0.4 is 5.73 Å². The Morgan fingerprint density at radius 1 is 1.17 bits per heavy atom. The van der Waals surface area contributed by atoms with E-state index in [-0.39, 0.29) is 37.0 Å². The molecule has 1 fully saturated rings. The third-order valence-electron chi connectivity index (χ3n) is 6.10. The average molecular weight is 440 g/mol. The van der Waals surface area contributed by atoms with Crippen LogP contribution in [0.15, 0.2) is 36.5 Å². The second-order valence-electron chi connectivity index (χ2n) is 7.84. The van der Waals surface area contributed by atoms with E-state index in [0.29, 0.717) is 18.2 Å². The number of nitrogens with zero attached hydrogens (tertiary/aromatic N) is 2. The van der Waals surface area contributed by atoms with Gasteiger partial charge in [-0.3, -0.25) is 9.88 Å². The van der Waals surface area contributed by atoms with Crippen molar-refractivity contribution in [1.82, 2.24) is 9.88 Å². The summed E-state index contributed by atoms with van der Waals surface area (Å²) in [5, 5.41) is 10.6. The second kappa shape index (κ2) is 10.6. The molecule has 2 aromatic rings. The maximum absolute atomic E-state index is 10.6.